The summed E-state index contributed by atoms with van der Waals surface area (Å²) in [4.78, 5) is 144. The first-order valence-corrected chi connectivity index (χ1v) is 50.2. The molecule has 5 aliphatic rings. The number of carboxylic acids is 1. The van der Waals surface area contributed by atoms with Gasteiger partial charge in [-0.05, 0) is 257 Å². The number of nitrogens with two attached hydrogens (primary N) is 2. The second kappa shape index (κ2) is 58.5. The molecule has 2 atom stereocenters. The van der Waals surface area contributed by atoms with Crippen molar-refractivity contribution in [3.8, 4) is 0 Å². The number of aromatic nitrogens is 9. The number of ether oxygens (including phenoxy) is 4. The van der Waals surface area contributed by atoms with Gasteiger partial charge in [-0.3, -0.25) is 28.5 Å². The van der Waals surface area contributed by atoms with Gasteiger partial charge in [0.25, 0.3) is 5.91 Å². The molecule has 1 amide bonds. The van der Waals surface area contributed by atoms with Gasteiger partial charge < -0.3 is 70.4 Å². The smallest absolute Gasteiger partial charge is 0.416 e. The average Bonchev–Trinajstić information content (AvgIpc) is 0.766. The van der Waals surface area contributed by atoms with Crippen LogP contribution in [0.1, 0.15) is 215 Å². The number of amides is 1. The lowest BCUT2D eigenvalue weighted by Gasteiger charge is -2.31. The number of pyridine rings is 9. The Morgan fingerprint density at radius 1 is 0.585 bits per heavy atom. The molecule has 764 valence electrons. The molecule has 3 saturated heterocycles. The first-order valence-electron chi connectivity index (χ1n) is 44.3. The Bertz CT molecular complexity index is 6300. The van der Waals surface area contributed by atoms with E-state index in [1.54, 1.807) is 109 Å². The van der Waals surface area contributed by atoms with E-state index in [1.165, 1.54) is 82.4 Å². The van der Waals surface area contributed by atoms with Crippen molar-refractivity contribution in [2.45, 2.75) is 165 Å². The number of H-pyrrole nitrogens is 1. The number of benzene rings is 2. The predicted octanol–water partition coefficient (Wildman–Crippen LogP) is 19.5. The summed E-state index contributed by atoms with van der Waals surface area (Å²) in [7, 11) is 0. The minimum Gasteiger partial charge on any atom is -0.478 e. The van der Waals surface area contributed by atoms with Crippen LogP contribution in [0, 0.1) is 20.8 Å². The van der Waals surface area contributed by atoms with E-state index in [2.05, 4.69) is 118 Å². The van der Waals surface area contributed by atoms with E-state index < -0.39 is 69.2 Å². The number of anilines is 5. The normalized spacial score (nSPS) is 14.4. The second-order valence-corrected chi connectivity index (χ2v) is 38.6. The molecule has 0 bridgehead atoms. The first kappa shape index (κ1) is 118. The third-order valence-electron chi connectivity index (χ3n) is 20.4. The number of rotatable bonds is 16. The number of carbonyl (C=O) groups is 8. The molecule has 0 aliphatic carbocycles. The third-order valence-corrected chi connectivity index (χ3v) is 21.5. The Balaban J connectivity index is 0.000000251. The SMILES string of the molecule is C.C1CCNCC1.CCOC(=O)C1=C(C)Nc2ncccc2C1Cl.CCOC(=O)CC(C)=O.CCOC(=O)c1c(C)[nH]c2ncccc2c1=O.CCOC(=O)c1c(C)nc2ncccc2c1N1CCCCC1.Cc1nc2ncccc2c(N2CCCCC2)c1C(=O)NCc1cccc(C(F)(F)F)c1.NCc1cccc(C(F)(F)F)c1.Nc1ncccc1C(=O)O.O=C1OS(=O)Nc2ncccc21.O=P(Cl)(Cl)Cl. The van der Waals surface area contributed by atoms with Gasteiger partial charge in [-0.15, -0.1) is 11.6 Å². The van der Waals surface area contributed by atoms with E-state index in [9.17, 15) is 78.3 Å². The molecule has 10 N–H and O–H groups in total. The summed E-state index contributed by atoms with van der Waals surface area (Å²) in [6.45, 7) is 22.9. The van der Waals surface area contributed by atoms with Crippen molar-refractivity contribution in [2.75, 3.05) is 91.3 Å². The van der Waals surface area contributed by atoms with Gasteiger partial charge >= 0.3 is 64.6 Å². The number of ketones is 1. The van der Waals surface area contributed by atoms with Crippen LogP contribution in [-0.4, -0.2) is 167 Å². The first-order chi connectivity index (χ1) is 67.0. The number of hydrogen-bond acceptors (Lipinski definition) is 30. The monoisotopic (exact) mass is 2090 g/mol. The Hall–Kier alpha value is -12.9. The predicted molar refractivity (Wildman–Crippen MR) is 535 cm³/mol. The van der Waals surface area contributed by atoms with E-state index in [4.69, 9.17) is 42.4 Å². The number of fused-ring (bicyclic) bond motifs is 5. The highest BCUT2D eigenvalue weighted by molar-refractivity contribution is 8.24. The van der Waals surface area contributed by atoms with Crippen molar-refractivity contribution in [3.05, 3.63) is 253 Å². The largest absolute Gasteiger partial charge is 0.478 e. The Morgan fingerprint density at radius 3 is 1.54 bits per heavy atom. The molecule has 0 spiro atoms. The number of aromatic carboxylic acids is 1. The van der Waals surface area contributed by atoms with Crippen molar-refractivity contribution in [1.29, 1.82) is 0 Å². The Labute approximate surface area is 837 Å². The number of piperidine rings is 3. The standard InChI is InChI=1S/C23H23F3N4O.C17H21N3O2.C12H13ClN2O2.C12H12N2O3.C8H8F3N.C6H4N2O3S.C6H6N2O2.C6H10O3.C5H11N.CH4.Cl3OP/c1-15-19(22(31)28-14-16-7-5-8-17(13-16)23(24,25)26)20(30-11-3-2-4-12-30)18-9-6-10-27-21(18)29-15;1-3-22-17(21)14-12(2)19-16-13(8-7-9-18-16)15(14)20-10-5-4-6-11-20;1-3-17-12(16)9-7(2)15-11-8(10(9)13)5-4-6-14-11;1-3-17-12(16)9-7(2)14-11-8(10(9)15)5-4-6-13-11;9-8(10,11)7-3-1-2-6(4-7)5-12;9-6-4-2-1-3-7-5(4)8-12(10)11-6;7-5-4(6(9)10)2-1-3-8-5;1-3-9-6(8)4-5(2)7;1-2-4-6-5-3-1;;1-5(2,3)4/h5-10,13H,2-4,11-12,14H2,1H3,(H,28,31);7-9H,3-6,10-11H2,1-2H3;4-6,10H,3H2,1-2H3,(H,14,15);4-6H,3H2,1-2H3,(H,13,14,15);1-4H,5,12H2;1-3H,(H,7,8);1-3H,(H2,7,8)(H,9,10);3-4H2,1-2H3;6H,1-5H2;1H4;. The van der Waals surface area contributed by atoms with Crippen LogP contribution in [0.4, 0.5) is 55.2 Å². The van der Waals surface area contributed by atoms with E-state index in [0.29, 0.717) is 110 Å². The van der Waals surface area contributed by atoms with E-state index in [-0.39, 0.29) is 79.5 Å². The number of allylic oxidation sites excluding steroid dienone is 1. The minimum atomic E-state index is -4.42. The summed E-state index contributed by atoms with van der Waals surface area (Å²) in [6, 6.07) is 30.6. The highest BCUT2D eigenvalue weighted by Gasteiger charge is 2.35. The van der Waals surface area contributed by atoms with Gasteiger partial charge in [0.1, 0.15) is 51.7 Å². The van der Waals surface area contributed by atoms with Crippen molar-refractivity contribution in [2.24, 2.45) is 5.73 Å². The maximum Gasteiger partial charge on any atom is 0.416 e. The molecule has 14 heterocycles. The van der Waals surface area contributed by atoms with Gasteiger partial charge in [0.2, 0.25) is 5.43 Å². The molecule has 46 heteroatoms. The molecule has 34 nitrogen and oxygen atoms in total. The quantitative estimate of drug-likeness (QED) is 0.0111. The minimum absolute atomic E-state index is 0. The van der Waals surface area contributed by atoms with Gasteiger partial charge in [-0.1, -0.05) is 50.2 Å². The van der Waals surface area contributed by atoms with Crippen LogP contribution in [0.15, 0.2) is 175 Å². The molecule has 142 heavy (non-hydrogen) atoms. The van der Waals surface area contributed by atoms with Gasteiger partial charge in [-0.2, -0.15) is 30.6 Å². The molecule has 3 fully saturated rings. The highest BCUT2D eigenvalue weighted by Crippen LogP contribution is 2.61. The fourth-order valence-electron chi connectivity index (χ4n) is 14.1. The van der Waals surface area contributed by atoms with Gasteiger partial charge in [-0.25, -0.2) is 63.8 Å². The number of hydrogen-bond donors (Lipinski definition) is 8. The number of aryl methyl sites for hydroxylation is 3. The summed E-state index contributed by atoms with van der Waals surface area (Å²) in [5.41, 5.74) is 18.1. The van der Waals surface area contributed by atoms with Crippen LogP contribution in [0.3, 0.4) is 0 Å². The summed E-state index contributed by atoms with van der Waals surface area (Å²) in [5, 5.41) is 16.0. The zero-order valence-corrected chi connectivity index (χ0v) is 83.1. The van der Waals surface area contributed by atoms with Gasteiger partial charge in [0.05, 0.1) is 82.2 Å². The second-order valence-electron chi connectivity index (χ2n) is 30.7. The van der Waals surface area contributed by atoms with E-state index >= 15 is 0 Å². The lowest BCUT2D eigenvalue weighted by Crippen LogP contribution is -2.33. The van der Waals surface area contributed by atoms with Crippen LogP contribution in [0.2, 0.25) is 0 Å². The number of Topliss-reactive ketones (excluding diaryl/α,β-unsaturated/α-hetero) is 1. The number of nitrogens with zero attached hydrogens (tertiary/aromatic N) is 10. The van der Waals surface area contributed by atoms with Gasteiger partial charge in [0.15, 0.2) is 17.1 Å². The lowest BCUT2D eigenvalue weighted by molar-refractivity contribution is -0.145. The highest BCUT2D eigenvalue weighted by atomic mass is 36.0. The molecule has 16 rings (SSSR count). The van der Waals surface area contributed by atoms with Crippen molar-refractivity contribution in [3.63, 3.8) is 0 Å². The number of nitrogens with one attached hydrogen (secondary N) is 5. The number of aromatic amines is 1. The van der Waals surface area contributed by atoms with E-state index in [1.807, 2.05) is 44.2 Å². The maximum atomic E-state index is 13.2. The van der Waals surface area contributed by atoms with Crippen LogP contribution in [-0.2, 0) is 78.8 Å². The molecule has 0 saturated carbocycles. The lowest BCUT2D eigenvalue weighted by atomic mass is 10.00. The maximum absolute atomic E-state index is 13.2. The van der Waals surface area contributed by atoms with Crippen molar-refractivity contribution in [1.82, 2.24) is 55.5 Å². The molecular weight excluding hydrogens is 1980 g/mol. The molecule has 5 aliphatic heterocycles. The van der Waals surface area contributed by atoms with Crippen LogP contribution in [0.25, 0.3) is 33.1 Å². The summed E-state index contributed by atoms with van der Waals surface area (Å²) >= 11 is 18.4. The topological polar surface area (TPSA) is 480 Å². The zero-order chi connectivity index (χ0) is 104. The van der Waals surface area contributed by atoms with Gasteiger partial charge in [0, 0.05) is 104 Å². The number of carbonyl (C=O) groups excluding carboxylic acids is 7. The molecule has 0 radical (unpaired) electrons. The third kappa shape index (κ3) is 36.9. The Kier molecular flexibility index (Phi) is 48.5. The van der Waals surface area contributed by atoms with Crippen LogP contribution in [0.5, 0.6) is 0 Å². The summed E-state index contributed by atoms with van der Waals surface area (Å²) in [6.07, 6.45) is 11.8. The van der Waals surface area contributed by atoms with E-state index in [0.717, 1.165) is 110 Å². The zero-order valence-electron chi connectivity index (χ0n) is 78.4. The molecular formula is C96H112Cl4F6N17O17PS. The molecule has 11 aromatic rings. The number of carboxylic acid groups (broad SMARTS) is 1. The number of esters is 4. The number of alkyl halides is 7. The fraction of sp³-hybridized carbons (Fsp3) is 0.365. The molecule has 2 unspecified atom stereocenters. The number of nitrogen functional groups attached to an aromatic ring is 1. The van der Waals surface area contributed by atoms with Crippen molar-refractivity contribution >= 4 is 171 Å². The Morgan fingerprint density at radius 2 is 1.04 bits per heavy atom. The van der Waals surface area contributed by atoms with Crippen LogP contribution < -0.4 is 47.4 Å². The molecule has 2 aromatic carbocycles. The fourth-order valence-corrected chi connectivity index (χ4v) is 15.2. The number of halogens is 10. The van der Waals surface area contributed by atoms with Crippen LogP contribution >= 0.6 is 50.5 Å². The molecule has 9 aromatic heterocycles. The van der Waals surface area contributed by atoms with Crippen molar-refractivity contribution < 1.29 is 102 Å². The average molecular weight is 2090 g/mol. The summed E-state index contributed by atoms with van der Waals surface area (Å²) in [5.74, 6) is -2.85. The summed E-state index contributed by atoms with van der Waals surface area (Å²) < 4.78 is 122.